The van der Waals surface area contributed by atoms with Gasteiger partial charge in [0.25, 0.3) is 0 Å². The third-order valence-electron chi connectivity index (χ3n) is 4.82. The summed E-state index contributed by atoms with van der Waals surface area (Å²) in [5, 5.41) is 6.72. The monoisotopic (exact) mass is 389 g/mol. The Labute approximate surface area is 168 Å². The molecule has 1 aliphatic rings. The maximum absolute atomic E-state index is 11.2. The van der Waals surface area contributed by atoms with Crippen molar-refractivity contribution in [3.63, 3.8) is 0 Å². The van der Waals surface area contributed by atoms with Gasteiger partial charge in [-0.25, -0.2) is 9.79 Å². The van der Waals surface area contributed by atoms with Crippen molar-refractivity contribution >= 4 is 12.0 Å². The van der Waals surface area contributed by atoms with Crippen LogP contribution in [0.2, 0.25) is 0 Å². The van der Waals surface area contributed by atoms with E-state index < -0.39 is 0 Å². The molecule has 1 heterocycles. The summed E-state index contributed by atoms with van der Waals surface area (Å²) >= 11 is 0. The first-order chi connectivity index (χ1) is 13.3. The minimum absolute atomic E-state index is 0.101. The fourth-order valence-corrected chi connectivity index (χ4v) is 3.13. The molecule has 156 valence electrons. The van der Waals surface area contributed by atoms with Crippen molar-refractivity contribution in [1.29, 1.82) is 0 Å². The van der Waals surface area contributed by atoms with E-state index in [1.54, 1.807) is 4.90 Å². The first-order valence-electron chi connectivity index (χ1n) is 10.1. The lowest BCUT2D eigenvalue weighted by molar-refractivity contribution is 0.188. The number of guanidine groups is 1. The van der Waals surface area contributed by atoms with Gasteiger partial charge in [0, 0.05) is 25.7 Å². The first kappa shape index (κ1) is 21.9. The van der Waals surface area contributed by atoms with E-state index in [0.717, 1.165) is 31.1 Å². The number of carbonyl (C=O) groups is 1. The molecule has 2 rings (SSSR count). The van der Waals surface area contributed by atoms with Crippen molar-refractivity contribution in [1.82, 2.24) is 15.5 Å². The van der Waals surface area contributed by atoms with Gasteiger partial charge in [-0.1, -0.05) is 32.9 Å². The number of amides is 2. The predicted octanol–water partition coefficient (Wildman–Crippen LogP) is 2.46. The standard InChI is InChI=1S/C21H35N5O2/c1-5-23-20(25-17-9-12-26(13-10-17)19(22)27)24-11-14-28-18-8-6-7-16(15-18)21(2,3)4/h6-8,15,17H,5,9-14H2,1-4H3,(H2,22,27)(H2,23,24,25). The Hall–Kier alpha value is -2.44. The number of ether oxygens (including phenoxy) is 1. The van der Waals surface area contributed by atoms with Crippen LogP contribution in [-0.2, 0) is 5.41 Å². The molecule has 0 radical (unpaired) electrons. The van der Waals surface area contributed by atoms with Crippen LogP contribution in [0.3, 0.4) is 0 Å². The Balaban J connectivity index is 1.82. The third kappa shape index (κ3) is 6.94. The number of rotatable bonds is 6. The van der Waals surface area contributed by atoms with Crippen LogP contribution in [0.1, 0.15) is 46.1 Å². The van der Waals surface area contributed by atoms with Crippen molar-refractivity contribution in [2.24, 2.45) is 10.7 Å². The quantitative estimate of drug-likeness (QED) is 0.396. The smallest absolute Gasteiger partial charge is 0.314 e. The summed E-state index contributed by atoms with van der Waals surface area (Å²) in [6.07, 6.45) is 1.73. The molecule has 7 nitrogen and oxygen atoms in total. The summed E-state index contributed by atoms with van der Waals surface area (Å²) in [6.45, 7) is 11.9. The average Bonchev–Trinajstić information content (AvgIpc) is 2.65. The molecule has 0 bridgehead atoms. The molecule has 0 aliphatic carbocycles. The van der Waals surface area contributed by atoms with Gasteiger partial charge in [0.1, 0.15) is 12.4 Å². The Morgan fingerprint density at radius 2 is 2.04 bits per heavy atom. The SMILES string of the molecule is CCNC(=NCCOc1cccc(C(C)(C)C)c1)NC1CCN(C(N)=O)CC1. The van der Waals surface area contributed by atoms with E-state index in [9.17, 15) is 4.79 Å². The van der Waals surface area contributed by atoms with Crippen molar-refractivity contribution in [2.75, 3.05) is 32.8 Å². The molecule has 1 aliphatic heterocycles. The van der Waals surface area contributed by atoms with E-state index >= 15 is 0 Å². The van der Waals surface area contributed by atoms with Crippen LogP contribution in [0, 0.1) is 0 Å². The number of urea groups is 1. The number of nitrogens with two attached hydrogens (primary N) is 1. The van der Waals surface area contributed by atoms with E-state index in [0.29, 0.717) is 26.2 Å². The van der Waals surface area contributed by atoms with Gasteiger partial charge in [-0.15, -0.1) is 0 Å². The second kappa shape index (κ2) is 10.2. The highest BCUT2D eigenvalue weighted by Crippen LogP contribution is 2.25. The summed E-state index contributed by atoms with van der Waals surface area (Å²) in [6, 6.07) is 8.18. The predicted molar refractivity (Wildman–Crippen MR) is 114 cm³/mol. The van der Waals surface area contributed by atoms with E-state index in [2.05, 4.69) is 48.5 Å². The lowest BCUT2D eigenvalue weighted by Crippen LogP contribution is -2.50. The highest BCUT2D eigenvalue weighted by molar-refractivity contribution is 5.80. The largest absolute Gasteiger partial charge is 0.492 e. The van der Waals surface area contributed by atoms with E-state index in [1.165, 1.54) is 5.56 Å². The molecule has 0 aromatic heterocycles. The Morgan fingerprint density at radius 3 is 2.64 bits per heavy atom. The van der Waals surface area contributed by atoms with Crippen LogP contribution in [0.25, 0.3) is 0 Å². The molecule has 1 saturated heterocycles. The van der Waals surface area contributed by atoms with Crippen LogP contribution >= 0.6 is 0 Å². The zero-order valence-corrected chi connectivity index (χ0v) is 17.6. The minimum atomic E-state index is -0.341. The summed E-state index contributed by atoms with van der Waals surface area (Å²) in [5.74, 6) is 1.66. The molecule has 4 N–H and O–H groups in total. The molecule has 0 atom stereocenters. The van der Waals surface area contributed by atoms with Gasteiger partial charge in [0.05, 0.1) is 6.54 Å². The van der Waals surface area contributed by atoms with Gasteiger partial charge < -0.3 is 26.0 Å². The van der Waals surface area contributed by atoms with Crippen molar-refractivity contribution in [3.05, 3.63) is 29.8 Å². The van der Waals surface area contributed by atoms with Crippen LogP contribution < -0.4 is 21.1 Å². The highest BCUT2D eigenvalue weighted by atomic mass is 16.5. The first-order valence-corrected chi connectivity index (χ1v) is 10.1. The van der Waals surface area contributed by atoms with Crippen molar-refractivity contribution in [3.8, 4) is 5.75 Å². The number of benzene rings is 1. The third-order valence-corrected chi connectivity index (χ3v) is 4.82. The number of hydrogen-bond acceptors (Lipinski definition) is 3. The van der Waals surface area contributed by atoms with Gasteiger partial charge in [0.2, 0.25) is 0 Å². The van der Waals surface area contributed by atoms with Crippen LogP contribution in [0.15, 0.2) is 29.3 Å². The molecule has 0 unspecified atom stereocenters. The highest BCUT2D eigenvalue weighted by Gasteiger charge is 2.21. The van der Waals surface area contributed by atoms with Gasteiger partial charge in [0.15, 0.2) is 5.96 Å². The minimum Gasteiger partial charge on any atom is -0.492 e. The number of primary amides is 1. The van der Waals surface area contributed by atoms with Gasteiger partial charge in [-0.05, 0) is 42.9 Å². The molecule has 2 amide bonds. The molecular weight excluding hydrogens is 354 g/mol. The Morgan fingerprint density at radius 1 is 1.32 bits per heavy atom. The number of likely N-dealkylation sites (tertiary alicyclic amines) is 1. The van der Waals surface area contributed by atoms with Crippen LogP contribution in [0.4, 0.5) is 4.79 Å². The molecule has 1 aromatic rings. The maximum Gasteiger partial charge on any atom is 0.314 e. The van der Waals surface area contributed by atoms with Gasteiger partial charge in [-0.2, -0.15) is 0 Å². The summed E-state index contributed by atoms with van der Waals surface area (Å²) in [5.41, 5.74) is 6.70. The molecule has 28 heavy (non-hydrogen) atoms. The van der Waals surface area contributed by atoms with Crippen LogP contribution in [-0.4, -0.2) is 55.7 Å². The lowest BCUT2D eigenvalue weighted by atomic mass is 9.87. The molecule has 0 spiro atoms. The number of hydrogen-bond donors (Lipinski definition) is 3. The van der Waals surface area contributed by atoms with E-state index in [-0.39, 0.29) is 17.5 Å². The normalized spacial score (nSPS) is 16.0. The van der Waals surface area contributed by atoms with E-state index in [4.69, 9.17) is 10.5 Å². The van der Waals surface area contributed by atoms with Gasteiger partial charge in [-0.3, -0.25) is 0 Å². The molecule has 1 fully saturated rings. The lowest BCUT2D eigenvalue weighted by Gasteiger charge is -2.32. The average molecular weight is 390 g/mol. The number of piperidine rings is 1. The number of aliphatic imine (C=N–C) groups is 1. The number of nitrogens with one attached hydrogen (secondary N) is 2. The number of nitrogens with zero attached hydrogens (tertiary/aromatic N) is 2. The second-order valence-corrected chi connectivity index (χ2v) is 8.13. The van der Waals surface area contributed by atoms with Crippen LogP contribution in [0.5, 0.6) is 5.75 Å². The van der Waals surface area contributed by atoms with Crippen molar-refractivity contribution < 1.29 is 9.53 Å². The van der Waals surface area contributed by atoms with Gasteiger partial charge >= 0.3 is 6.03 Å². The fourth-order valence-electron chi connectivity index (χ4n) is 3.13. The summed E-state index contributed by atoms with van der Waals surface area (Å²) < 4.78 is 5.88. The fraction of sp³-hybridized carbons (Fsp3) is 0.619. The Bertz CT molecular complexity index is 661. The summed E-state index contributed by atoms with van der Waals surface area (Å²) in [4.78, 5) is 17.5. The molecule has 0 saturated carbocycles. The number of carbonyl (C=O) groups excluding carboxylic acids is 1. The molecule has 1 aromatic carbocycles. The zero-order valence-electron chi connectivity index (χ0n) is 17.6. The molecule has 7 heteroatoms. The zero-order chi connectivity index (χ0) is 20.6. The van der Waals surface area contributed by atoms with E-state index in [1.807, 2.05) is 19.1 Å². The Kier molecular flexibility index (Phi) is 7.96. The molecular formula is C21H35N5O2. The summed E-state index contributed by atoms with van der Waals surface area (Å²) in [7, 11) is 0. The van der Waals surface area contributed by atoms with Crippen molar-refractivity contribution in [2.45, 2.75) is 52.0 Å². The second-order valence-electron chi connectivity index (χ2n) is 8.13. The maximum atomic E-state index is 11.2. The topological polar surface area (TPSA) is 92.0 Å².